The largest absolute Gasteiger partial charge is 0.457 e. The van der Waals surface area contributed by atoms with E-state index in [1.54, 1.807) is 0 Å². The number of hydrogen-bond donors (Lipinski definition) is 0. The molecule has 0 amide bonds. The molecule has 0 bridgehead atoms. The van der Waals surface area contributed by atoms with E-state index in [-0.39, 0.29) is 20.1 Å². The van der Waals surface area contributed by atoms with Gasteiger partial charge in [0, 0.05) is 36.2 Å². The third-order valence-corrected chi connectivity index (χ3v) is 5.84. The molecule has 0 N–H and O–H groups in total. The molecule has 4 aromatic rings. The van der Waals surface area contributed by atoms with Gasteiger partial charge >= 0.3 is 0 Å². The molecule has 0 spiro atoms. The average Bonchev–Trinajstić information content (AvgIpc) is 2.92. The van der Waals surface area contributed by atoms with E-state index in [2.05, 4.69) is 37.8 Å². The monoisotopic (exact) mass is 509 g/mol. The Morgan fingerprint density at radius 2 is 1.71 bits per heavy atom. The molecule has 4 rings (SSSR count). The Hall–Kier alpha value is -1.74. The van der Waals surface area contributed by atoms with Crippen LogP contribution in [-0.2, 0) is 20.1 Å². The molecule has 0 saturated carbocycles. The first-order valence-corrected chi connectivity index (χ1v) is 11.3. The van der Waals surface area contributed by atoms with Crippen molar-refractivity contribution < 1.29 is 24.5 Å². The summed E-state index contributed by atoms with van der Waals surface area (Å²) in [5.41, 5.74) is 3.80. The Labute approximate surface area is 156 Å². The first kappa shape index (κ1) is 17.1. The van der Waals surface area contributed by atoms with Gasteiger partial charge in [0.15, 0.2) is 0 Å². The molecule has 0 saturated heterocycles. The zero-order chi connectivity index (χ0) is 16.0. The first-order valence-electron chi connectivity index (χ1n) is 7.84. The van der Waals surface area contributed by atoms with Gasteiger partial charge in [-0.3, -0.25) is 0 Å². The second-order valence-electron chi connectivity index (χ2n) is 6.85. The number of rotatable bonds is 2. The predicted molar refractivity (Wildman–Crippen MR) is 98.8 cm³/mol. The molecule has 2 aromatic heterocycles. The average molecular weight is 509 g/mol. The van der Waals surface area contributed by atoms with Crippen LogP contribution in [0.25, 0.3) is 33.2 Å². The molecule has 0 atom stereocenters. The summed E-state index contributed by atoms with van der Waals surface area (Å²) >= 11 is 0. The van der Waals surface area contributed by atoms with E-state index < -0.39 is 8.07 Å². The van der Waals surface area contributed by atoms with Crippen molar-refractivity contribution in [2.24, 2.45) is 0 Å². The maximum Gasteiger partial charge on any atom is 0.135 e. The van der Waals surface area contributed by atoms with E-state index in [4.69, 9.17) is 9.40 Å². The summed E-state index contributed by atoms with van der Waals surface area (Å²) in [7, 11) is -1.63. The topological polar surface area (TPSA) is 26.0 Å². The third kappa shape index (κ3) is 2.86. The smallest absolute Gasteiger partial charge is 0.135 e. The number of furan rings is 1. The molecule has 0 aliphatic heterocycles. The van der Waals surface area contributed by atoms with Crippen LogP contribution in [0.2, 0.25) is 19.6 Å². The van der Waals surface area contributed by atoms with Crippen molar-refractivity contribution in [1.82, 2.24) is 4.98 Å². The summed E-state index contributed by atoms with van der Waals surface area (Å²) in [6.45, 7) is 6.99. The minimum absolute atomic E-state index is 0. The predicted octanol–water partition coefficient (Wildman–Crippen LogP) is 4.99. The Bertz CT molecular complexity index is 1000. The van der Waals surface area contributed by atoms with Crippen LogP contribution in [0.1, 0.15) is 0 Å². The molecule has 2 aromatic carbocycles. The van der Waals surface area contributed by atoms with E-state index in [1.165, 1.54) is 10.7 Å². The minimum Gasteiger partial charge on any atom is -0.457 e. The fourth-order valence-electron chi connectivity index (χ4n) is 2.98. The summed E-state index contributed by atoms with van der Waals surface area (Å²) in [4.78, 5) is 5.04. The Morgan fingerprint density at radius 1 is 0.958 bits per heavy atom. The van der Waals surface area contributed by atoms with Crippen LogP contribution in [0.4, 0.5) is 0 Å². The van der Waals surface area contributed by atoms with Crippen molar-refractivity contribution >= 4 is 35.3 Å². The maximum absolute atomic E-state index is 6.12. The quantitative estimate of drug-likeness (QED) is 0.282. The number of benzene rings is 2. The molecule has 4 heteroatoms. The number of nitrogens with zero attached hydrogens (tertiary/aromatic N) is 1. The molecule has 0 fully saturated rings. The molecule has 2 nitrogen and oxygen atoms in total. The summed E-state index contributed by atoms with van der Waals surface area (Å²) in [6.07, 6.45) is 0. The van der Waals surface area contributed by atoms with Crippen LogP contribution >= 0.6 is 0 Å². The van der Waals surface area contributed by atoms with Gasteiger partial charge in [0.05, 0.1) is 0 Å². The molecule has 2 heterocycles. The number of fused-ring (bicyclic) bond motifs is 3. The van der Waals surface area contributed by atoms with E-state index in [9.17, 15) is 0 Å². The second-order valence-corrected chi connectivity index (χ2v) is 11.8. The van der Waals surface area contributed by atoms with Gasteiger partial charge in [-0.15, -0.1) is 35.9 Å². The molecule has 0 aliphatic carbocycles. The van der Waals surface area contributed by atoms with Crippen LogP contribution in [0.3, 0.4) is 0 Å². The Kier molecular flexibility index (Phi) is 4.47. The molecule has 123 valence electrons. The van der Waals surface area contributed by atoms with Crippen LogP contribution in [0, 0.1) is 6.07 Å². The molecular formula is C20H18IrNOSi-. The summed E-state index contributed by atoms with van der Waals surface area (Å²) < 4.78 is 6.12. The maximum atomic E-state index is 6.12. The van der Waals surface area contributed by atoms with E-state index in [1.807, 2.05) is 42.5 Å². The van der Waals surface area contributed by atoms with Crippen LogP contribution in [0.15, 0.2) is 59.0 Å². The number of para-hydroxylation sites is 1. The van der Waals surface area contributed by atoms with Gasteiger partial charge in [0.2, 0.25) is 0 Å². The van der Waals surface area contributed by atoms with Gasteiger partial charge in [-0.25, -0.2) is 0 Å². The van der Waals surface area contributed by atoms with Crippen LogP contribution in [-0.4, -0.2) is 13.1 Å². The summed E-state index contributed by atoms with van der Waals surface area (Å²) in [5, 5.41) is 3.54. The van der Waals surface area contributed by atoms with Gasteiger partial charge in [-0.2, -0.15) is 0 Å². The number of hydrogen-bond acceptors (Lipinski definition) is 2. The number of pyridine rings is 1. The van der Waals surface area contributed by atoms with Crippen molar-refractivity contribution in [3.63, 3.8) is 0 Å². The molecular weight excluding hydrogens is 491 g/mol. The Balaban J connectivity index is 0.00000169. The molecule has 0 aliphatic rings. The third-order valence-electron chi connectivity index (χ3n) is 4.06. The molecule has 1 radical (unpaired) electrons. The second kappa shape index (κ2) is 6.28. The van der Waals surface area contributed by atoms with Gasteiger partial charge in [0.1, 0.15) is 19.2 Å². The van der Waals surface area contributed by atoms with Crippen molar-refractivity contribution in [2.75, 3.05) is 0 Å². The summed E-state index contributed by atoms with van der Waals surface area (Å²) in [5.74, 6) is 0. The zero-order valence-electron chi connectivity index (χ0n) is 13.9. The molecule has 0 unspecified atom stereocenters. The Morgan fingerprint density at radius 3 is 2.42 bits per heavy atom. The van der Waals surface area contributed by atoms with Gasteiger partial charge in [-0.1, -0.05) is 37.8 Å². The standard InChI is InChI=1S/C20H18NOSi.Ir/c1-23(2,3)20-19-15-11-7-8-12-17(15)22-18(19)13-16(21-20)14-9-5-4-6-10-14;/h4-9,11-13H,1-3H3;/q-1;. The van der Waals surface area contributed by atoms with Crippen LogP contribution < -0.4 is 5.32 Å². The van der Waals surface area contributed by atoms with Gasteiger partial charge in [-0.05, 0) is 17.8 Å². The zero-order valence-corrected chi connectivity index (χ0v) is 17.3. The first-order chi connectivity index (χ1) is 11.0. The van der Waals surface area contributed by atoms with Crippen molar-refractivity contribution in [1.29, 1.82) is 0 Å². The number of aromatic nitrogens is 1. The normalized spacial score (nSPS) is 11.6. The SMILES string of the molecule is C[Si](C)(C)c1nc(-c2[c-]cccc2)cc2oc3ccccc3c12.[Ir]. The van der Waals surface area contributed by atoms with Gasteiger partial charge in [0.25, 0.3) is 0 Å². The van der Waals surface area contributed by atoms with Crippen molar-refractivity contribution in [2.45, 2.75) is 19.6 Å². The van der Waals surface area contributed by atoms with E-state index >= 15 is 0 Å². The fourth-order valence-corrected chi connectivity index (χ4v) is 4.44. The van der Waals surface area contributed by atoms with Gasteiger partial charge < -0.3 is 9.40 Å². The fraction of sp³-hybridized carbons (Fsp3) is 0.150. The molecule has 24 heavy (non-hydrogen) atoms. The summed E-state index contributed by atoms with van der Waals surface area (Å²) in [6, 6.07) is 21.5. The van der Waals surface area contributed by atoms with Crippen molar-refractivity contribution in [3.05, 3.63) is 60.7 Å². The van der Waals surface area contributed by atoms with Crippen LogP contribution in [0.5, 0.6) is 0 Å². The van der Waals surface area contributed by atoms with Crippen molar-refractivity contribution in [3.8, 4) is 11.3 Å². The van der Waals surface area contributed by atoms with E-state index in [0.717, 1.165) is 27.8 Å². The van der Waals surface area contributed by atoms with E-state index in [0.29, 0.717) is 0 Å². The minimum atomic E-state index is -1.63.